The number of halogens is 2. The number of ketones is 6. The monoisotopic (exact) mass is 1220 g/mol. The number of Topliss-reactive ketones (excluding diaryl/α,β-unsaturated/α-hetero) is 6. The Morgan fingerprint density at radius 3 is 1.31 bits per heavy atom. The van der Waals surface area contributed by atoms with Crippen LogP contribution >= 0.6 is 31.9 Å². The van der Waals surface area contributed by atoms with Gasteiger partial charge in [0.1, 0.15) is 40.6 Å². The van der Waals surface area contributed by atoms with Gasteiger partial charge in [0, 0.05) is 68.7 Å². The molecule has 4 saturated carbocycles. The largest absolute Gasteiger partial charge is 0.299 e. The predicted molar refractivity (Wildman–Crippen MR) is 253 cm³/mol. The van der Waals surface area contributed by atoms with E-state index in [4.69, 9.17) is 5.37 Å². The van der Waals surface area contributed by atoms with Gasteiger partial charge >= 0.3 is 123 Å². The number of esters is 2. The van der Waals surface area contributed by atoms with Crippen LogP contribution in [-0.2, 0) is 50.6 Å². The molecule has 4 fully saturated rings. The molecule has 2 aromatic rings. The van der Waals surface area contributed by atoms with Crippen molar-refractivity contribution in [3.8, 4) is 5.75 Å². The minimum Gasteiger partial charge on any atom is -0.299 e. The van der Waals surface area contributed by atoms with Crippen LogP contribution in [0.15, 0.2) is 33.2 Å². The van der Waals surface area contributed by atoms with Crippen LogP contribution in [0.25, 0.3) is 0 Å². The summed E-state index contributed by atoms with van der Waals surface area (Å²) in [7, 11) is 0. The van der Waals surface area contributed by atoms with Crippen LogP contribution in [-0.4, -0.2) is 77.7 Å². The molecule has 65 heavy (non-hydrogen) atoms. The Kier molecular flexibility index (Phi) is 22.2. The number of hydrogen-bond donors (Lipinski definition) is 0. The first kappa shape index (κ1) is 56.1. The molecular formula is C50H64Br2O12Pb. The molecule has 0 aliphatic heterocycles. The second-order valence-corrected chi connectivity index (χ2v) is 22.3. The SMILES string of the molecule is CC(=O)OC(C)=O.CC(=O)[O][Pb][O]c1c(C)cc(Br)cc1C.CCC(=O)C1CCC2(CC1)CC(=O)C(c1c(C)cc(Br)cc1C)C(=O)C2.CCC(=O)C1CCC2(CC1)CC(=O)CC(=O)C2. The smallest absolute Gasteiger partial charge is 0.148 e. The van der Waals surface area contributed by atoms with Gasteiger partial charge in [-0.2, -0.15) is 0 Å². The van der Waals surface area contributed by atoms with Crippen molar-refractivity contribution >= 4 is 110 Å². The van der Waals surface area contributed by atoms with Gasteiger partial charge < -0.3 is 4.74 Å². The summed E-state index contributed by atoms with van der Waals surface area (Å²) in [6, 6.07) is 7.93. The molecule has 15 heteroatoms. The predicted octanol–water partition coefficient (Wildman–Crippen LogP) is 10.3. The quantitative estimate of drug-likeness (QED) is 0.139. The molecule has 2 spiro atoms. The van der Waals surface area contributed by atoms with Crippen LogP contribution in [0.5, 0.6) is 5.75 Å². The maximum Gasteiger partial charge on any atom is 0.148 e. The van der Waals surface area contributed by atoms with E-state index < -0.39 is 43.0 Å². The van der Waals surface area contributed by atoms with E-state index in [1.807, 2.05) is 65.8 Å². The number of carbonyl (C=O) groups excluding carboxylic acids is 9. The molecule has 0 heterocycles. The van der Waals surface area contributed by atoms with Crippen molar-refractivity contribution in [2.75, 3.05) is 0 Å². The third-order valence-corrected chi connectivity index (χ3v) is 16.3. The first-order valence-corrected chi connectivity index (χ1v) is 27.2. The molecule has 0 amide bonds. The molecule has 4 aliphatic rings. The Bertz CT molecular complexity index is 2030. The Morgan fingerprint density at radius 1 is 0.600 bits per heavy atom. The van der Waals surface area contributed by atoms with Crippen molar-refractivity contribution in [1.82, 2.24) is 0 Å². The van der Waals surface area contributed by atoms with Crippen LogP contribution in [0.3, 0.4) is 0 Å². The second-order valence-electron chi connectivity index (χ2n) is 18.2. The Labute approximate surface area is 414 Å². The van der Waals surface area contributed by atoms with E-state index in [0.717, 1.165) is 93.9 Å². The van der Waals surface area contributed by atoms with E-state index in [0.29, 0.717) is 50.1 Å². The summed E-state index contributed by atoms with van der Waals surface area (Å²) in [6.07, 6.45) is 10.2. The van der Waals surface area contributed by atoms with Crippen molar-refractivity contribution in [2.45, 2.75) is 165 Å². The van der Waals surface area contributed by atoms with Crippen LogP contribution in [0.1, 0.15) is 165 Å². The number of rotatable bonds is 8. The zero-order valence-corrected chi connectivity index (χ0v) is 46.4. The van der Waals surface area contributed by atoms with Crippen LogP contribution in [0.4, 0.5) is 0 Å². The second kappa shape index (κ2) is 25.8. The van der Waals surface area contributed by atoms with E-state index in [9.17, 15) is 43.2 Å². The fourth-order valence-corrected chi connectivity index (χ4v) is 13.5. The van der Waals surface area contributed by atoms with E-state index >= 15 is 0 Å². The minimum absolute atomic E-state index is 0.0649. The topological polar surface area (TPSA) is 181 Å². The maximum atomic E-state index is 13.0. The van der Waals surface area contributed by atoms with E-state index in [2.05, 4.69) is 36.6 Å². The van der Waals surface area contributed by atoms with Crippen molar-refractivity contribution in [2.24, 2.45) is 22.7 Å². The molecule has 354 valence electrons. The molecular weight excluding hydrogens is 1160 g/mol. The summed E-state index contributed by atoms with van der Waals surface area (Å²) >= 11 is 5.16. The number of aryl methyl sites for hydroxylation is 4. The van der Waals surface area contributed by atoms with Gasteiger partial charge in [-0.15, -0.1) is 0 Å². The summed E-state index contributed by atoms with van der Waals surface area (Å²) in [5, 5.41) is 0. The van der Waals surface area contributed by atoms with E-state index in [-0.39, 0.29) is 58.2 Å². The fraction of sp³-hybridized carbons (Fsp3) is 0.580. The number of carbonyl (C=O) groups is 9. The average molecular weight is 1220 g/mol. The molecule has 2 aromatic carbocycles. The fourth-order valence-electron chi connectivity index (χ4n) is 9.90. The van der Waals surface area contributed by atoms with E-state index in [1.165, 1.54) is 20.8 Å². The number of ether oxygens (including phenoxy) is 1. The average Bonchev–Trinajstić information content (AvgIpc) is 3.19. The van der Waals surface area contributed by atoms with Crippen molar-refractivity contribution in [1.29, 1.82) is 0 Å². The molecule has 0 atom stereocenters. The Balaban J connectivity index is 0.000000251. The van der Waals surface area contributed by atoms with Crippen molar-refractivity contribution < 1.29 is 53.3 Å². The van der Waals surface area contributed by atoms with Gasteiger partial charge in [0.25, 0.3) is 0 Å². The van der Waals surface area contributed by atoms with Gasteiger partial charge in [-0.1, -0.05) is 29.8 Å². The van der Waals surface area contributed by atoms with Crippen LogP contribution in [0, 0.1) is 50.4 Å². The van der Waals surface area contributed by atoms with Crippen molar-refractivity contribution in [3.63, 3.8) is 0 Å². The minimum atomic E-state index is -1.74. The first-order chi connectivity index (χ1) is 30.4. The standard InChI is InChI=1S/C22H27BrO3.C14H20O3.C8H9BrO.C4H6O3.C2H4O2.Pb/c1-4-17(24)15-5-7-22(8-6-15)11-18(25)21(19(26)12-22)20-13(2)9-16(23)10-14(20)3;1-2-13(17)10-3-5-14(6-4-10)8-11(15)7-12(16)9-14;1-5-3-7(9)4-6(2)8(5)10;1-3(5)7-4(2)6;1-2(3)4;/h9-10,15,21H,4-8,11-12H2,1-3H3;10H,2-9H2,1H3;3-4,10H,1-2H3;1-2H3;1H3,(H,3,4);/q;;;;;+2/p-2. The number of hydrogen-bond acceptors (Lipinski definition) is 12. The van der Waals surface area contributed by atoms with Gasteiger partial charge in [-0.05, 0) is 105 Å². The molecule has 0 aromatic heterocycles. The molecule has 0 N–H and O–H groups in total. The molecule has 0 saturated heterocycles. The molecule has 0 bridgehead atoms. The molecule has 4 aliphatic carbocycles. The van der Waals surface area contributed by atoms with Gasteiger partial charge in [-0.25, -0.2) is 0 Å². The first-order valence-electron chi connectivity index (χ1n) is 22.4. The summed E-state index contributed by atoms with van der Waals surface area (Å²) in [5.41, 5.74) is 4.72. The molecule has 2 radical (unpaired) electrons. The zero-order chi connectivity index (χ0) is 48.8. The Morgan fingerprint density at radius 2 is 0.969 bits per heavy atom. The van der Waals surface area contributed by atoms with Gasteiger partial charge in [-0.3, -0.25) is 38.4 Å². The summed E-state index contributed by atoms with van der Waals surface area (Å²) in [4.78, 5) is 103. The summed E-state index contributed by atoms with van der Waals surface area (Å²) in [5.74, 6) is 0.160. The van der Waals surface area contributed by atoms with E-state index in [1.54, 1.807) is 0 Å². The summed E-state index contributed by atoms with van der Waals surface area (Å²) in [6.45, 7) is 15.5. The molecule has 6 rings (SSSR count). The third-order valence-electron chi connectivity index (χ3n) is 12.9. The van der Waals surface area contributed by atoms with Gasteiger partial charge in [0.2, 0.25) is 0 Å². The molecule has 0 unspecified atom stereocenters. The van der Waals surface area contributed by atoms with Crippen molar-refractivity contribution in [3.05, 3.63) is 61.0 Å². The van der Waals surface area contributed by atoms with Gasteiger partial charge in [0.05, 0.1) is 6.42 Å². The van der Waals surface area contributed by atoms with Crippen LogP contribution < -0.4 is 2.69 Å². The zero-order valence-electron chi connectivity index (χ0n) is 39.3. The summed E-state index contributed by atoms with van der Waals surface area (Å²) < 4.78 is 16.5. The molecule has 12 nitrogen and oxygen atoms in total. The third kappa shape index (κ3) is 17.1. The Hall–Kier alpha value is -3.25. The van der Waals surface area contributed by atoms with Gasteiger partial charge in [0.15, 0.2) is 0 Å². The number of benzene rings is 2. The van der Waals surface area contributed by atoms with Crippen LogP contribution in [0.2, 0.25) is 0 Å². The maximum absolute atomic E-state index is 13.0. The normalized spacial score (nSPS) is 21.4.